The quantitative estimate of drug-likeness (QED) is 0.654. The fourth-order valence-corrected chi connectivity index (χ4v) is 1.99. The van der Waals surface area contributed by atoms with Crippen molar-refractivity contribution in [3.63, 3.8) is 0 Å². The molecule has 21 heavy (non-hydrogen) atoms. The summed E-state index contributed by atoms with van der Waals surface area (Å²) >= 11 is 0. The number of carbonyl (C=O) groups excluding carboxylic acids is 1. The summed E-state index contributed by atoms with van der Waals surface area (Å²) in [7, 11) is 3.36. The lowest BCUT2D eigenvalue weighted by atomic mass is 10.2. The number of para-hydroxylation sites is 2. The Morgan fingerprint density at radius 1 is 1.24 bits per heavy atom. The van der Waals surface area contributed by atoms with Crippen molar-refractivity contribution in [2.75, 3.05) is 40.5 Å². The van der Waals surface area contributed by atoms with Crippen LogP contribution in [0.25, 0.3) is 0 Å². The molecule has 0 aliphatic heterocycles. The molecule has 1 unspecified atom stereocenters. The Bertz CT molecular complexity index is 436. The van der Waals surface area contributed by atoms with Crippen LogP contribution in [0.5, 0.6) is 11.5 Å². The predicted octanol–water partition coefficient (Wildman–Crippen LogP) is 2.21. The van der Waals surface area contributed by atoms with Gasteiger partial charge in [-0.3, -0.25) is 4.79 Å². The third kappa shape index (κ3) is 6.04. The first-order valence-electron chi connectivity index (χ1n) is 7.19. The number of likely N-dealkylation sites (N-methyl/N-ethyl adjacent to an activating group) is 1. The first kappa shape index (κ1) is 17.3. The molecule has 0 N–H and O–H groups in total. The van der Waals surface area contributed by atoms with Gasteiger partial charge < -0.3 is 19.1 Å². The molecule has 5 heteroatoms. The predicted molar refractivity (Wildman–Crippen MR) is 81.8 cm³/mol. The molecule has 0 amide bonds. The molecular weight excluding hydrogens is 270 g/mol. The van der Waals surface area contributed by atoms with Crippen LogP contribution in [-0.4, -0.2) is 51.3 Å². The Balaban J connectivity index is 2.38. The second-order valence-electron chi connectivity index (χ2n) is 4.91. The highest BCUT2D eigenvalue weighted by Gasteiger charge is 2.15. The van der Waals surface area contributed by atoms with Gasteiger partial charge >= 0.3 is 5.97 Å². The zero-order valence-electron chi connectivity index (χ0n) is 13.3. The number of methoxy groups -OCH3 is 1. The van der Waals surface area contributed by atoms with Gasteiger partial charge in [-0.05, 0) is 26.1 Å². The van der Waals surface area contributed by atoms with Crippen molar-refractivity contribution in [2.45, 2.75) is 13.8 Å². The van der Waals surface area contributed by atoms with Crippen molar-refractivity contribution in [2.24, 2.45) is 5.92 Å². The van der Waals surface area contributed by atoms with Crippen molar-refractivity contribution < 1.29 is 19.0 Å². The zero-order valence-corrected chi connectivity index (χ0v) is 13.3. The fraction of sp³-hybridized carbons (Fsp3) is 0.562. The van der Waals surface area contributed by atoms with Crippen molar-refractivity contribution in [1.82, 2.24) is 4.90 Å². The van der Waals surface area contributed by atoms with Crippen LogP contribution in [0, 0.1) is 5.92 Å². The molecule has 5 nitrogen and oxygen atoms in total. The number of hydrogen-bond acceptors (Lipinski definition) is 5. The molecule has 1 aromatic rings. The standard InChI is InChI=1S/C16H25NO4/c1-5-20-14-8-6-7-9-15(14)21-11-10-17(3)12-13(2)16(18)19-4/h6-9,13H,5,10-12H2,1-4H3. The van der Waals surface area contributed by atoms with Gasteiger partial charge in [-0.25, -0.2) is 0 Å². The molecule has 1 rings (SSSR count). The van der Waals surface area contributed by atoms with Gasteiger partial charge in [0.15, 0.2) is 11.5 Å². The molecule has 0 aliphatic carbocycles. The number of nitrogens with zero attached hydrogens (tertiary/aromatic N) is 1. The van der Waals surface area contributed by atoms with Gasteiger partial charge in [0.25, 0.3) is 0 Å². The van der Waals surface area contributed by atoms with Gasteiger partial charge in [-0.1, -0.05) is 19.1 Å². The smallest absolute Gasteiger partial charge is 0.309 e. The van der Waals surface area contributed by atoms with E-state index in [-0.39, 0.29) is 11.9 Å². The Hall–Kier alpha value is -1.75. The van der Waals surface area contributed by atoms with E-state index in [1.54, 1.807) is 0 Å². The molecule has 1 aromatic carbocycles. The van der Waals surface area contributed by atoms with E-state index in [4.69, 9.17) is 14.2 Å². The van der Waals surface area contributed by atoms with Crippen LogP contribution in [-0.2, 0) is 9.53 Å². The molecular formula is C16H25NO4. The number of esters is 1. The number of benzene rings is 1. The zero-order chi connectivity index (χ0) is 15.7. The van der Waals surface area contributed by atoms with E-state index in [1.165, 1.54) is 7.11 Å². The van der Waals surface area contributed by atoms with E-state index < -0.39 is 0 Å². The SMILES string of the molecule is CCOc1ccccc1OCCN(C)CC(C)C(=O)OC. The fourth-order valence-electron chi connectivity index (χ4n) is 1.99. The lowest BCUT2D eigenvalue weighted by Gasteiger charge is -2.20. The summed E-state index contributed by atoms with van der Waals surface area (Å²) in [5.41, 5.74) is 0. The minimum Gasteiger partial charge on any atom is -0.490 e. The minimum absolute atomic E-state index is 0.143. The molecule has 0 spiro atoms. The Morgan fingerprint density at radius 3 is 2.43 bits per heavy atom. The molecule has 1 atom stereocenters. The maximum absolute atomic E-state index is 11.4. The van der Waals surface area contributed by atoms with Crippen LogP contribution in [0.15, 0.2) is 24.3 Å². The number of rotatable bonds is 9. The van der Waals surface area contributed by atoms with E-state index in [0.717, 1.165) is 18.0 Å². The molecule has 0 heterocycles. The second-order valence-corrected chi connectivity index (χ2v) is 4.91. The Kier molecular flexibility index (Phi) is 7.61. The van der Waals surface area contributed by atoms with Gasteiger partial charge in [0.1, 0.15) is 6.61 Å². The van der Waals surface area contributed by atoms with E-state index in [2.05, 4.69) is 0 Å². The lowest BCUT2D eigenvalue weighted by Crippen LogP contribution is -2.32. The highest BCUT2D eigenvalue weighted by molar-refractivity contribution is 5.72. The van der Waals surface area contributed by atoms with Crippen LogP contribution in [0.1, 0.15) is 13.8 Å². The van der Waals surface area contributed by atoms with Crippen LogP contribution in [0.3, 0.4) is 0 Å². The molecule has 0 aliphatic rings. The van der Waals surface area contributed by atoms with Gasteiger partial charge in [0, 0.05) is 13.1 Å². The van der Waals surface area contributed by atoms with Crippen molar-refractivity contribution in [3.05, 3.63) is 24.3 Å². The first-order valence-corrected chi connectivity index (χ1v) is 7.19. The van der Waals surface area contributed by atoms with E-state index in [0.29, 0.717) is 19.8 Å². The lowest BCUT2D eigenvalue weighted by molar-refractivity contribution is -0.145. The largest absolute Gasteiger partial charge is 0.490 e. The highest BCUT2D eigenvalue weighted by atomic mass is 16.5. The Morgan fingerprint density at radius 2 is 1.86 bits per heavy atom. The summed E-state index contributed by atoms with van der Waals surface area (Å²) in [5, 5.41) is 0. The average molecular weight is 295 g/mol. The summed E-state index contributed by atoms with van der Waals surface area (Å²) < 4.78 is 16.0. The number of hydrogen-bond donors (Lipinski definition) is 0. The van der Waals surface area contributed by atoms with E-state index >= 15 is 0 Å². The third-order valence-corrected chi connectivity index (χ3v) is 3.07. The van der Waals surface area contributed by atoms with Crippen LogP contribution < -0.4 is 9.47 Å². The molecule has 118 valence electrons. The molecule has 0 fully saturated rings. The monoisotopic (exact) mass is 295 g/mol. The molecule has 0 bridgehead atoms. The average Bonchev–Trinajstić information content (AvgIpc) is 2.48. The number of ether oxygens (including phenoxy) is 3. The summed E-state index contributed by atoms with van der Waals surface area (Å²) in [6, 6.07) is 7.62. The maximum Gasteiger partial charge on any atom is 0.309 e. The van der Waals surface area contributed by atoms with Crippen LogP contribution in [0.4, 0.5) is 0 Å². The van der Waals surface area contributed by atoms with Gasteiger partial charge in [0.05, 0.1) is 19.6 Å². The van der Waals surface area contributed by atoms with E-state index in [1.807, 2.05) is 50.1 Å². The summed E-state index contributed by atoms with van der Waals surface area (Å²) in [6.45, 7) is 6.31. The number of carbonyl (C=O) groups is 1. The Labute approximate surface area is 126 Å². The van der Waals surface area contributed by atoms with Crippen LogP contribution >= 0.6 is 0 Å². The van der Waals surface area contributed by atoms with Crippen molar-refractivity contribution in [1.29, 1.82) is 0 Å². The van der Waals surface area contributed by atoms with Gasteiger partial charge in [0.2, 0.25) is 0 Å². The molecule has 0 radical (unpaired) electrons. The van der Waals surface area contributed by atoms with Crippen molar-refractivity contribution >= 4 is 5.97 Å². The first-order chi connectivity index (χ1) is 10.1. The minimum atomic E-state index is -0.190. The highest BCUT2D eigenvalue weighted by Crippen LogP contribution is 2.26. The maximum atomic E-state index is 11.4. The summed E-state index contributed by atoms with van der Waals surface area (Å²) in [6.07, 6.45) is 0. The summed E-state index contributed by atoms with van der Waals surface area (Å²) in [4.78, 5) is 13.4. The molecule has 0 saturated carbocycles. The molecule has 0 aromatic heterocycles. The van der Waals surface area contributed by atoms with Gasteiger partial charge in [-0.15, -0.1) is 0 Å². The third-order valence-electron chi connectivity index (χ3n) is 3.07. The topological polar surface area (TPSA) is 48.0 Å². The molecule has 0 saturated heterocycles. The second kappa shape index (κ2) is 9.23. The van der Waals surface area contributed by atoms with E-state index in [9.17, 15) is 4.79 Å². The van der Waals surface area contributed by atoms with Crippen LogP contribution in [0.2, 0.25) is 0 Å². The van der Waals surface area contributed by atoms with Crippen molar-refractivity contribution in [3.8, 4) is 11.5 Å². The summed E-state index contributed by atoms with van der Waals surface area (Å²) in [5.74, 6) is 1.17. The van der Waals surface area contributed by atoms with Gasteiger partial charge in [-0.2, -0.15) is 0 Å². The normalized spacial score (nSPS) is 12.0.